The molecule has 1 unspecified atom stereocenters. The Morgan fingerprint density at radius 3 is 2.92 bits per heavy atom. The van der Waals surface area contributed by atoms with Crippen LogP contribution >= 0.6 is 28.1 Å². The highest BCUT2D eigenvalue weighted by atomic mass is 79.9. The first-order chi connectivity index (χ1) is 12.3. The van der Waals surface area contributed by atoms with Gasteiger partial charge in [-0.3, -0.25) is 4.79 Å². The first kappa shape index (κ1) is 18.7. The number of rotatable bonds is 4. The van der Waals surface area contributed by atoms with Crippen molar-refractivity contribution in [3.63, 3.8) is 0 Å². The number of halogens is 3. The number of imidazole rings is 1. The van der Waals surface area contributed by atoms with E-state index in [1.165, 1.54) is 12.1 Å². The summed E-state index contributed by atoms with van der Waals surface area (Å²) in [7, 11) is 1.76. The molecule has 0 spiro atoms. The number of fused-ring (bicyclic) bond motifs is 1. The van der Waals surface area contributed by atoms with Crippen LogP contribution in [0.3, 0.4) is 0 Å². The molecule has 0 saturated carbocycles. The highest BCUT2D eigenvalue weighted by Crippen LogP contribution is 2.37. The lowest BCUT2D eigenvalue weighted by Crippen LogP contribution is -2.26. The number of carbonyl (C=O) groups is 1. The molecule has 1 aliphatic heterocycles. The highest BCUT2D eigenvalue weighted by Gasteiger charge is 2.32. The Balaban J connectivity index is 1.94. The molecule has 9 heteroatoms. The van der Waals surface area contributed by atoms with Gasteiger partial charge in [0.2, 0.25) is 5.91 Å². The number of amides is 1. The van der Waals surface area contributed by atoms with E-state index in [1.54, 1.807) is 11.6 Å². The van der Waals surface area contributed by atoms with Crippen molar-refractivity contribution in [3.8, 4) is 6.07 Å². The Hall–Kier alpha value is -2.05. The molecule has 5 nitrogen and oxygen atoms in total. The second-order valence-electron chi connectivity index (χ2n) is 6.12. The van der Waals surface area contributed by atoms with Crippen molar-refractivity contribution in [2.75, 3.05) is 6.54 Å². The van der Waals surface area contributed by atoms with E-state index in [2.05, 4.69) is 21.2 Å². The van der Waals surface area contributed by atoms with Crippen LogP contribution in [0.5, 0.6) is 0 Å². The third kappa shape index (κ3) is 3.19. The quantitative estimate of drug-likeness (QED) is 0.451. The standard InChI is InChI=1S/C17H15BrF2N4OS/c1-23-12(7-14(25)22-5-4-21)13-6-9(8-24(13)17(23)26)15-11(19)3-2-10(18)16(15)20/h2-3,9H,5-8H2,1H3,(H,22,25). The summed E-state index contributed by atoms with van der Waals surface area (Å²) in [6.45, 7) is 0.280. The van der Waals surface area contributed by atoms with Crippen LogP contribution in [0.15, 0.2) is 16.6 Å². The number of carbonyl (C=O) groups excluding carboxylic acids is 1. The molecule has 136 valence electrons. The van der Waals surface area contributed by atoms with Crippen molar-refractivity contribution in [2.45, 2.75) is 25.3 Å². The monoisotopic (exact) mass is 440 g/mol. The molecule has 1 amide bonds. The molecule has 2 heterocycles. The average molecular weight is 441 g/mol. The van der Waals surface area contributed by atoms with Crippen molar-refractivity contribution >= 4 is 34.1 Å². The third-order valence-electron chi connectivity index (χ3n) is 4.60. The van der Waals surface area contributed by atoms with Gasteiger partial charge in [-0.15, -0.1) is 0 Å². The molecule has 1 N–H and O–H groups in total. The summed E-state index contributed by atoms with van der Waals surface area (Å²) in [6.07, 6.45) is 0.440. The lowest BCUT2D eigenvalue weighted by atomic mass is 9.95. The summed E-state index contributed by atoms with van der Waals surface area (Å²) in [5.41, 5.74) is 1.53. The van der Waals surface area contributed by atoms with Crippen molar-refractivity contribution < 1.29 is 13.6 Å². The van der Waals surface area contributed by atoms with Crippen LogP contribution in [0.2, 0.25) is 0 Å². The van der Waals surface area contributed by atoms with E-state index in [-0.39, 0.29) is 28.9 Å². The molecular weight excluding hydrogens is 426 g/mol. The Kier molecular flexibility index (Phi) is 5.25. The summed E-state index contributed by atoms with van der Waals surface area (Å²) < 4.78 is 33.0. The zero-order chi connectivity index (χ0) is 19.0. The number of benzene rings is 1. The lowest BCUT2D eigenvalue weighted by molar-refractivity contribution is -0.120. The molecule has 3 rings (SSSR count). The molecule has 26 heavy (non-hydrogen) atoms. The number of nitrogens with one attached hydrogen (secondary N) is 1. The van der Waals surface area contributed by atoms with Gasteiger partial charge in [-0.2, -0.15) is 5.26 Å². The van der Waals surface area contributed by atoms with E-state index in [0.717, 1.165) is 5.69 Å². The number of hydrogen-bond acceptors (Lipinski definition) is 3. The first-order valence-corrected chi connectivity index (χ1v) is 9.09. The molecule has 0 fully saturated rings. The van der Waals surface area contributed by atoms with Gasteiger partial charge in [-0.25, -0.2) is 8.78 Å². The largest absolute Gasteiger partial charge is 0.343 e. The summed E-state index contributed by atoms with van der Waals surface area (Å²) in [5, 5.41) is 11.1. The molecule has 1 atom stereocenters. The number of nitrogens with zero attached hydrogens (tertiary/aromatic N) is 3. The Bertz CT molecular complexity index is 992. The van der Waals surface area contributed by atoms with Gasteiger partial charge in [-0.05, 0) is 46.7 Å². The van der Waals surface area contributed by atoms with Gasteiger partial charge in [-0.1, -0.05) is 0 Å². The summed E-state index contributed by atoms with van der Waals surface area (Å²) in [4.78, 5) is 12.0. The van der Waals surface area contributed by atoms with Crippen molar-refractivity contribution in [1.82, 2.24) is 14.5 Å². The first-order valence-electron chi connectivity index (χ1n) is 7.89. The van der Waals surface area contributed by atoms with Crippen LogP contribution in [0.1, 0.15) is 22.9 Å². The van der Waals surface area contributed by atoms with Gasteiger partial charge in [0.05, 0.1) is 17.0 Å². The van der Waals surface area contributed by atoms with Crippen LogP contribution in [-0.4, -0.2) is 21.6 Å². The second-order valence-corrected chi connectivity index (χ2v) is 7.33. The maximum Gasteiger partial charge on any atom is 0.226 e. The van der Waals surface area contributed by atoms with E-state index in [4.69, 9.17) is 17.5 Å². The number of aromatic nitrogens is 2. The predicted molar refractivity (Wildman–Crippen MR) is 97.1 cm³/mol. The fraction of sp³-hybridized carbons (Fsp3) is 0.353. The lowest BCUT2D eigenvalue weighted by Gasteiger charge is -2.14. The third-order valence-corrected chi connectivity index (χ3v) is 5.71. The fourth-order valence-corrected chi connectivity index (χ4v) is 4.02. The summed E-state index contributed by atoms with van der Waals surface area (Å²) in [5.74, 6) is -1.89. The SMILES string of the molecule is Cn1c(CC(=O)NCC#N)c2n(c1=S)CC(c1c(F)ccc(Br)c1F)C2. The van der Waals surface area contributed by atoms with Gasteiger partial charge in [0.25, 0.3) is 0 Å². The smallest absolute Gasteiger partial charge is 0.226 e. The maximum absolute atomic E-state index is 14.5. The molecule has 2 aromatic rings. The van der Waals surface area contributed by atoms with Crippen LogP contribution in [-0.2, 0) is 31.2 Å². The van der Waals surface area contributed by atoms with Gasteiger partial charge in [0.15, 0.2) is 4.77 Å². The number of nitriles is 1. The predicted octanol–water partition coefficient (Wildman–Crippen LogP) is 3.12. The minimum Gasteiger partial charge on any atom is -0.343 e. The van der Waals surface area contributed by atoms with Crippen LogP contribution in [0, 0.1) is 27.7 Å². The van der Waals surface area contributed by atoms with E-state index in [1.807, 2.05) is 10.6 Å². The van der Waals surface area contributed by atoms with Gasteiger partial charge < -0.3 is 14.5 Å². The Morgan fingerprint density at radius 1 is 1.50 bits per heavy atom. The Morgan fingerprint density at radius 2 is 2.23 bits per heavy atom. The van der Waals surface area contributed by atoms with E-state index >= 15 is 0 Å². The van der Waals surface area contributed by atoms with Gasteiger partial charge in [0, 0.05) is 36.5 Å². The van der Waals surface area contributed by atoms with E-state index < -0.39 is 17.6 Å². The molecule has 1 aromatic carbocycles. The normalized spacial score (nSPS) is 15.6. The molecule has 1 aliphatic rings. The van der Waals surface area contributed by atoms with Gasteiger partial charge >= 0.3 is 0 Å². The topological polar surface area (TPSA) is 62.8 Å². The fourth-order valence-electron chi connectivity index (χ4n) is 3.38. The van der Waals surface area contributed by atoms with Crippen LogP contribution < -0.4 is 5.32 Å². The highest BCUT2D eigenvalue weighted by molar-refractivity contribution is 9.10. The average Bonchev–Trinajstić information content (AvgIpc) is 3.12. The number of hydrogen-bond donors (Lipinski definition) is 1. The van der Waals surface area contributed by atoms with Crippen LogP contribution in [0.25, 0.3) is 0 Å². The molecule has 0 bridgehead atoms. The molecular formula is C17H15BrF2N4OS. The zero-order valence-electron chi connectivity index (χ0n) is 13.9. The van der Waals surface area contributed by atoms with Crippen molar-refractivity contribution in [1.29, 1.82) is 5.26 Å². The summed E-state index contributed by atoms with van der Waals surface area (Å²) in [6, 6.07) is 4.43. The summed E-state index contributed by atoms with van der Waals surface area (Å²) >= 11 is 8.52. The molecule has 0 aliphatic carbocycles. The maximum atomic E-state index is 14.5. The Labute approximate surface area is 162 Å². The van der Waals surface area contributed by atoms with Crippen molar-refractivity contribution in [2.24, 2.45) is 7.05 Å². The van der Waals surface area contributed by atoms with E-state index in [9.17, 15) is 13.6 Å². The minimum atomic E-state index is -0.607. The zero-order valence-corrected chi connectivity index (χ0v) is 16.3. The van der Waals surface area contributed by atoms with E-state index in [0.29, 0.717) is 23.4 Å². The molecule has 0 saturated heterocycles. The second kappa shape index (κ2) is 7.29. The molecule has 1 aromatic heterocycles. The molecule has 0 radical (unpaired) electrons. The van der Waals surface area contributed by atoms with Gasteiger partial charge in [0.1, 0.15) is 18.2 Å². The minimum absolute atomic E-state index is 0.0278. The van der Waals surface area contributed by atoms with Crippen LogP contribution in [0.4, 0.5) is 8.78 Å². The van der Waals surface area contributed by atoms with Crippen molar-refractivity contribution in [3.05, 3.63) is 50.0 Å².